The molecule has 0 fully saturated rings. The molecule has 0 aliphatic rings. The van der Waals surface area contributed by atoms with Gasteiger partial charge in [0.1, 0.15) is 5.54 Å². The Morgan fingerprint density at radius 2 is 1.86 bits per heavy atom. The molecule has 0 saturated heterocycles. The monoisotopic (exact) mass is 299 g/mol. The highest BCUT2D eigenvalue weighted by molar-refractivity contribution is 5.96. The Kier molecular flexibility index (Phi) is 4.47. The topological polar surface area (TPSA) is 77.1 Å². The Balaban J connectivity index is 2.24. The summed E-state index contributed by atoms with van der Waals surface area (Å²) in [4.78, 5) is 24.6. The van der Waals surface area contributed by atoms with E-state index in [1.807, 2.05) is 25.1 Å². The molecule has 0 radical (unpaired) electrons. The molecule has 0 aliphatic carbocycles. The first-order chi connectivity index (χ1) is 10.3. The second-order valence-electron chi connectivity index (χ2n) is 5.83. The van der Waals surface area contributed by atoms with Crippen molar-refractivity contribution in [2.75, 3.05) is 5.32 Å². The summed E-state index contributed by atoms with van der Waals surface area (Å²) in [5, 5.41) is 2.83. The number of hydrogen-bond donors (Lipinski definition) is 2. The molecule has 3 N–H and O–H groups in total. The van der Waals surface area contributed by atoms with Crippen LogP contribution in [0, 0.1) is 6.92 Å². The first kappa shape index (κ1) is 16.0. The number of benzene rings is 1. The highest BCUT2D eigenvalue weighted by atomic mass is 16.2. The van der Waals surface area contributed by atoms with Gasteiger partial charge >= 0.3 is 0 Å². The van der Waals surface area contributed by atoms with Gasteiger partial charge in [-0.25, -0.2) is 0 Å². The number of aryl methyl sites for hydroxylation is 1. The van der Waals surface area contributed by atoms with Gasteiger partial charge in [0.25, 0.3) is 5.56 Å². The number of amides is 1. The number of carbonyl (C=O) groups is 1. The lowest BCUT2D eigenvalue weighted by molar-refractivity contribution is -0.123. The minimum absolute atomic E-state index is 0.196. The third kappa shape index (κ3) is 3.26. The van der Waals surface area contributed by atoms with Gasteiger partial charge in [-0.15, -0.1) is 0 Å². The number of anilines is 1. The summed E-state index contributed by atoms with van der Waals surface area (Å²) in [7, 11) is 0. The zero-order valence-electron chi connectivity index (χ0n) is 13.1. The zero-order valence-corrected chi connectivity index (χ0v) is 13.1. The number of nitrogens with zero attached hydrogens (tertiary/aromatic N) is 1. The number of aromatic nitrogens is 1. The van der Waals surface area contributed by atoms with E-state index in [1.165, 1.54) is 10.6 Å². The Morgan fingerprint density at radius 1 is 1.23 bits per heavy atom. The molecule has 0 saturated carbocycles. The second kappa shape index (κ2) is 6.15. The molecular weight excluding hydrogens is 278 g/mol. The maximum absolute atomic E-state index is 12.5. The Bertz CT molecular complexity index is 730. The first-order valence-corrected chi connectivity index (χ1v) is 7.15. The van der Waals surface area contributed by atoms with Crippen molar-refractivity contribution >= 4 is 11.6 Å². The smallest absolute Gasteiger partial charge is 0.251 e. The molecule has 1 heterocycles. The van der Waals surface area contributed by atoms with Gasteiger partial charge in [-0.2, -0.15) is 0 Å². The molecule has 1 amide bonds. The Hall–Kier alpha value is -2.40. The summed E-state index contributed by atoms with van der Waals surface area (Å²) in [5.41, 5.74) is 6.90. The van der Waals surface area contributed by atoms with Gasteiger partial charge in [0.2, 0.25) is 5.91 Å². The number of nitrogens with one attached hydrogen (secondary N) is 1. The number of nitrogens with two attached hydrogens (primary N) is 1. The zero-order chi connectivity index (χ0) is 16.3. The van der Waals surface area contributed by atoms with Gasteiger partial charge in [-0.1, -0.05) is 12.1 Å². The summed E-state index contributed by atoms with van der Waals surface area (Å²) in [5.74, 6) is -0.251. The third-order valence-corrected chi connectivity index (χ3v) is 3.68. The van der Waals surface area contributed by atoms with Crippen LogP contribution in [0.3, 0.4) is 0 Å². The molecule has 116 valence electrons. The molecule has 0 atom stereocenters. The maximum Gasteiger partial charge on any atom is 0.251 e. The van der Waals surface area contributed by atoms with E-state index in [9.17, 15) is 9.59 Å². The molecule has 1 aromatic carbocycles. The minimum Gasteiger partial charge on any atom is -0.326 e. The fourth-order valence-electron chi connectivity index (χ4n) is 2.16. The van der Waals surface area contributed by atoms with Crippen LogP contribution in [0.5, 0.6) is 0 Å². The Morgan fingerprint density at radius 3 is 2.41 bits per heavy atom. The summed E-state index contributed by atoms with van der Waals surface area (Å²) in [6.45, 7) is 5.73. The highest BCUT2D eigenvalue weighted by Crippen LogP contribution is 2.17. The lowest BCUT2D eigenvalue weighted by Gasteiger charge is -2.26. The van der Waals surface area contributed by atoms with Crippen molar-refractivity contribution in [1.29, 1.82) is 0 Å². The molecule has 0 unspecified atom stereocenters. The average molecular weight is 299 g/mol. The fourth-order valence-corrected chi connectivity index (χ4v) is 2.16. The molecule has 2 rings (SSSR count). The van der Waals surface area contributed by atoms with Crippen molar-refractivity contribution in [2.45, 2.75) is 32.9 Å². The van der Waals surface area contributed by atoms with Crippen molar-refractivity contribution < 1.29 is 4.79 Å². The molecule has 0 aliphatic heterocycles. The Labute approximate surface area is 129 Å². The van der Waals surface area contributed by atoms with Crippen molar-refractivity contribution in [3.63, 3.8) is 0 Å². The number of pyridine rings is 1. The van der Waals surface area contributed by atoms with Crippen LogP contribution < -0.4 is 16.6 Å². The quantitative estimate of drug-likeness (QED) is 0.906. The van der Waals surface area contributed by atoms with Crippen LogP contribution in [-0.4, -0.2) is 10.5 Å². The van der Waals surface area contributed by atoms with Crippen LogP contribution >= 0.6 is 0 Å². The van der Waals surface area contributed by atoms with Gasteiger partial charge in [-0.3, -0.25) is 9.59 Å². The van der Waals surface area contributed by atoms with E-state index >= 15 is 0 Å². The van der Waals surface area contributed by atoms with E-state index in [0.717, 1.165) is 11.1 Å². The predicted molar refractivity (Wildman–Crippen MR) is 87.7 cm³/mol. The molecule has 2 aromatic rings. The van der Waals surface area contributed by atoms with Crippen LogP contribution in [0.2, 0.25) is 0 Å². The highest BCUT2D eigenvalue weighted by Gasteiger charge is 2.30. The van der Waals surface area contributed by atoms with Crippen LogP contribution in [0.4, 0.5) is 5.69 Å². The first-order valence-electron chi connectivity index (χ1n) is 7.15. The van der Waals surface area contributed by atoms with E-state index in [4.69, 9.17) is 5.73 Å². The average Bonchev–Trinajstić information content (AvgIpc) is 2.47. The summed E-state index contributed by atoms with van der Waals surface area (Å²) in [6.07, 6.45) is 1.65. The lowest BCUT2D eigenvalue weighted by atomic mass is 10.0. The number of hydrogen-bond acceptors (Lipinski definition) is 3. The molecule has 22 heavy (non-hydrogen) atoms. The van der Waals surface area contributed by atoms with Crippen molar-refractivity contribution in [2.24, 2.45) is 5.73 Å². The van der Waals surface area contributed by atoms with Crippen LogP contribution in [0.1, 0.15) is 25.0 Å². The minimum atomic E-state index is -0.989. The van der Waals surface area contributed by atoms with Crippen LogP contribution in [-0.2, 0) is 16.9 Å². The summed E-state index contributed by atoms with van der Waals surface area (Å²) < 4.78 is 1.43. The van der Waals surface area contributed by atoms with Crippen LogP contribution in [0.25, 0.3) is 0 Å². The van der Waals surface area contributed by atoms with E-state index in [0.29, 0.717) is 12.2 Å². The molecule has 5 nitrogen and oxygen atoms in total. The SMILES string of the molecule is Cc1ccn(C(C)(C)C(=O)Nc2ccc(CN)cc2)c(=O)c1. The number of rotatable bonds is 4. The summed E-state index contributed by atoms with van der Waals surface area (Å²) in [6, 6.07) is 10.7. The van der Waals surface area contributed by atoms with Gasteiger partial charge in [0.05, 0.1) is 0 Å². The van der Waals surface area contributed by atoms with Crippen molar-refractivity contribution in [1.82, 2.24) is 4.57 Å². The molecule has 0 bridgehead atoms. The van der Waals surface area contributed by atoms with Gasteiger partial charge in [0, 0.05) is 24.5 Å². The number of carbonyl (C=O) groups excluding carboxylic acids is 1. The van der Waals surface area contributed by atoms with Crippen LogP contribution in [0.15, 0.2) is 47.4 Å². The molecular formula is C17H21N3O2. The second-order valence-corrected chi connectivity index (χ2v) is 5.83. The maximum atomic E-state index is 12.5. The van der Waals surface area contributed by atoms with E-state index in [2.05, 4.69) is 5.32 Å². The van der Waals surface area contributed by atoms with E-state index < -0.39 is 5.54 Å². The fraction of sp³-hybridized carbons (Fsp3) is 0.294. The van der Waals surface area contributed by atoms with E-state index in [1.54, 1.807) is 32.2 Å². The van der Waals surface area contributed by atoms with Crippen molar-refractivity contribution in [3.05, 3.63) is 64.1 Å². The molecule has 5 heteroatoms. The van der Waals surface area contributed by atoms with Gasteiger partial charge < -0.3 is 15.6 Å². The lowest BCUT2D eigenvalue weighted by Crippen LogP contribution is -2.45. The van der Waals surface area contributed by atoms with Gasteiger partial charge in [-0.05, 0) is 50.1 Å². The van der Waals surface area contributed by atoms with Gasteiger partial charge in [0.15, 0.2) is 0 Å². The normalized spacial score (nSPS) is 11.3. The third-order valence-electron chi connectivity index (χ3n) is 3.68. The molecule has 0 spiro atoms. The molecule has 1 aromatic heterocycles. The predicted octanol–water partition coefficient (Wildman–Crippen LogP) is 1.99. The summed E-state index contributed by atoms with van der Waals surface area (Å²) >= 11 is 0. The van der Waals surface area contributed by atoms with E-state index in [-0.39, 0.29) is 11.5 Å². The van der Waals surface area contributed by atoms with Crippen molar-refractivity contribution in [3.8, 4) is 0 Å². The largest absolute Gasteiger partial charge is 0.326 e. The standard InChI is InChI=1S/C17H21N3O2/c1-12-8-9-20(15(21)10-12)17(2,3)16(22)19-14-6-4-13(11-18)5-7-14/h4-10H,11,18H2,1-3H3,(H,19,22).